The Kier molecular flexibility index (Phi) is 9.73. The van der Waals surface area contributed by atoms with Crippen molar-refractivity contribution in [3.05, 3.63) is 37.0 Å². The average molecular weight is 198 g/mol. The van der Waals surface area contributed by atoms with Gasteiger partial charge in [0.2, 0.25) is 0 Å². The zero-order valence-corrected chi connectivity index (χ0v) is 9.71. The van der Waals surface area contributed by atoms with Crippen LogP contribution in [0.25, 0.3) is 0 Å². The first-order valence-corrected chi connectivity index (χ1v) is 4.92. The third kappa shape index (κ3) is 4.40. The highest BCUT2D eigenvalue weighted by atomic mass is 17.1. The van der Waals surface area contributed by atoms with Crippen molar-refractivity contribution in [1.29, 1.82) is 0 Å². The molecule has 14 heavy (non-hydrogen) atoms. The Labute approximate surface area is 87.5 Å². The van der Waals surface area contributed by atoms with Crippen LogP contribution in [-0.2, 0) is 4.89 Å². The van der Waals surface area contributed by atoms with Gasteiger partial charge < -0.3 is 0 Å². The lowest BCUT2D eigenvalue weighted by Gasteiger charge is -2.25. The van der Waals surface area contributed by atoms with E-state index in [1.807, 2.05) is 20.8 Å². The van der Waals surface area contributed by atoms with E-state index < -0.39 is 5.60 Å². The lowest BCUT2D eigenvalue weighted by Crippen LogP contribution is -2.28. The van der Waals surface area contributed by atoms with Crippen LogP contribution in [0.5, 0.6) is 0 Å². The average Bonchev–Trinajstić information content (AvgIpc) is 2.27. The second-order valence-corrected chi connectivity index (χ2v) is 2.74. The molecule has 0 radical (unpaired) electrons. The summed E-state index contributed by atoms with van der Waals surface area (Å²) in [6.45, 7) is 14.9. The summed E-state index contributed by atoms with van der Waals surface area (Å²) in [5, 5.41) is 8.69. The lowest BCUT2D eigenvalue weighted by molar-refractivity contribution is -0.305. The van der Waals surface area contributed by atoms with Gasteiger partial charge in [0.15, 0.2) is 0 Å². The molecule has 1 N–H and O–H groups in total. The van der Waals surface area contributed by atoms with Gasteiger partial charge in [-0.15, -0.1) is 0 Å². The van der Waals surface area contributed by atoms with Gasteiger partial charge in [0, 0.05) is 0 Å². The van der Waals surface area contributed by atoms with E-state index in [1.54, 1.807) is 25.2 Å². The summed E-state index contributed by atoms with van der Waals surface area (Å²) >= 11 is 0. The Morgan fingerprint density at radius 3 is 2.14 bits per heavy atom. The molecule has 2 heteroatoms. The Balaban J connectivity index is 0. The van der Waals surface area contributed by atoms with Crippen molar-refractivity contribution in [3.63, 3.8) is 0 Å². The number of allylic oxidation sites excluding steroid dienone is 2. The first-order chi connectivity index (χ1) is 6.64. The van der Waals surface area contributed by atoms with Gasteiger partial charge in [-0.1, -0.05) is 52.2 Å². The second kappa shape index (κ2) is 8.73. The molecule has 0 saturated heterocycles. The largest absolute Gasteiger partial charge is 0.251 e. The molecule has 1 unspecified atom stereocenters. The van der Waals surface area contributed by atoms with Gasteiger partial charge in [0.05, 0.1) is 0 Å². The molecule has 0 aromatic rings. The molecule has 0 spiro atoms. The Morgan fingerprint density at radius 2 is 1.93 bits per heavy atom. The molecule has 0 bridgehead atoms. The van der Waals surface area contributed by atoms with Crippen LogP contribution in [0.15, 0.2) is 37.0 Å². The summed E-state index contributed by atoms with van der Waals surface area (Å²) in [7, 11) is 0. The van der Waals surface area contributed by atoms with Crippen LogP contribution in [-0.4, -0.2) is 10.9 Å². The fourth-order valence-corrected chi connectivity index (χ4v) is 0.909. The van der Waals surface area contributed by atoms with Crippen molar-refractivity contribution >= 4 is 0 Å². The molecule has 0 aliphatic carbocycles. The maximum absolute atomic E-state index is 8.69. The highest BCUT2D eigenvalue weighted by Crippen LogP contribution is 2.24. The summed E-state index contributed by atoms with van der Waals surface area (Å²) < 4.78 is 0. The maximum Gasteiger partial charge on any atom is 0.125 e. The van der Waals surface area contributed by atoms with E-state index in [2.05, 4.69) is 18.0 Å². The van der Waals surface area contributed by atoms with Crippen LogP contribution in [0.2, 0.25) is 0 Å². The number of rotatable bonds is 5. The van der Waals surface area contributed by atoms with Gasteiger partial charge in [0.1, 0.15) is 5.60 Å². The van der Waals surface area contributed by atoms with E-state index in [-0.39, 0.29) is 0 Å². The van der Waals surface area contributed by atoms with E-state index in [0.717, 1.165) is 5.57 Å². The van der Waals surface area contributed by atoms with Crippen molar-refractivity contribution in [2.45, 2.75) is 39.7 Å². The standard InChI is InChI=1S/C10H16O2.C2H6/c1-5-8-9(6-2)10(4,7-3)12-11;1-2/h5-6,8,11H,1-2,7H2,3-4H3;1-2H3/b9-8+;. The summed E-state index contributed by atoms with van der Waals surface area (Å²) in [5.41, 5.74) is 0.151. The summed E-state index contributed by atoms with van der Waals surface area (Å²) in [5.74, 6) is 0. The third-order valence-electron chi connectivity index (χ3n) is 2.00. The van der Waals surface area contributed by atoms with Gasteiger partial charge in [-0.05, 0) is 18.9 Å². The van der Waals surface area contributed by atoms with E-state index >= 15 is 0 Å². The Hall–Kier alpha value is -0.860. The summed E-state index contributed by atoms with van der Waals surface area (Å²) in [4.78, 5) is 4.41. The molecule has 0 aliphatic rings. The highest BCUT2D eigenvalue weighted by molar-refractivity contribution is 5.29. The van der Waals surface area contributed by atoms with Gasteiger partial charge in [-0.3, -0.25) is 5.26 Å². The van der Waals surface area contributed by atoms with E-state index in [0.29, 0.717) is 6.42 Å². The van der Waals surface area contributed by atoms with Crippen LogP contribution < -0.4 is 0 Å². The Morgan fingerprint density at radius 1 is 1.43 bits per heavy atom. The first kappa shape index (κ1) is 15.6. The molecule has 2 nitrogen and oxygen atoms in total. The van der Waals surface area contributed by atoms with Crippen molar-refractivity contribution in [1.82, 2.24) is 0 Å². The molecule has 0 heterocycles. The maximum atomic E-state index is 8.69. The molecular weight excluding hydrogens is 176 g/mol. The first-order valence-electron chi connectivity index (χ1n) is 4.92. The van der Waals surface area contributed by atoms with Gasteiger partial charge in [-0.25, -0.2) is 4.89 Å². The minimum absolute atomic E-state index is 0.671. The number of hydrogen-bond acceptors (Lipinski definition) is 2. The number of hydrogen-bond donors (Lipinski definition) is 1. The van der Waals surface area contributed by atoms with Gasteiger partial charge in [-0.2, -0.15) is 0 Å². The van der Waals surface area contributed by atoms with Crippen molar-refractivity contribution in [2.75, 3.05) is 0 Å². The normalized spacial score (nSPS) is 14.8. The molecule has 82 valence electrons. The molecular formula is C12H22O2. The molecule has 0 aromatic carbocycles. The lowest BCUT2D eigenvalue weighted by atomic mass is 9.92. The highest BCUT2D eigenvalue weighted by Gasteiger charge is 2.25. The van der Waals surface area contributed by atoms with E-state index in [1.165, 1.54) is 0 Å². The zero-order valence-electron chi connectivity index (χ0n) is 9.71. The van der Waals surface area contributed by atoms with Crippen LogP contribution in [0, 0.1) is 0 Å². The Bertz CT molecular complexity index is 188. The van der Waals surface area contributed by atoms with Crippen molar-refractivity contribution in [2.24, 2.45) is 0 Å². The molecule has 0 rings (SSSR count). The molecule has 0 saturated carbocycles. The van der Waals surface area contributed by atoms with Crippen LogP contribution >= 0.6 is 0 Å². The van der Waals surface area contributed by atoms with Gasteiger partial charge in [0.25, 0.3) is 0 Å². The second-order valence-electron chi connectivity index (χ2n) is 2.74. The topological polar surface area (TPSA) is 29.5 Å². The predicted molar refractivity (Wildman–Crippen MR) is 62.2 cm³/mol. The molecule has 1 atom stereocenters. The van der Waals surface area contributed by atoms with Crippen LogP contribution in [0.3, 0.4) is 0 Å². The quantitative estimate of drug-likeness (QED) is 0.411. The molecule has 0 amide bonds. The van der Waals surface area contributed by atoms with Crippen molar-refractivity contribution in [3.8, 4) is 0 Å². The third-order valence-corrected chi connectivity index (χ3v) is 2.00. The minimum atomic E-state index is -0.671. The van der Waals surface area contributed by atoms with Gasteiger partial charge >= 0.3 is 0 Å². The minimum Gasteiger partial charge on any atom is -0.251 e. The predicted octanol–water partition coefficient (Wildman–Crippen LogP) is 3.97. The van der Waals surface area contributed by atoms with Crippen molar-refractivity contribution < 1.29 is 10.1 Å². The van der Waals surface area contributed by atoms with Crippen LogP contribution in [0.1, 0.15) is 34.1 Å². The fraction of sp³-hybridized carbons (Fsp3) is 0.500. The molecule has 0 aliphatic heterocycles. The molecule has 0 aromatic heterocycles. The SMILES string of the molecule is C=C/C=C(\C=C)C(C)(CC)OO.CC. The van der Waals surface area contributed by atoms with E-state index in [9.17, 15) is 0 Å². The summed E-state index contributed by atoms with van der Waals surface area (Å²) in [6.07, 6.45) is 5.74. The smallest absolute Gasteiger partial charge is 0.125 e. The zero-order chi connectivity index (χ0) is 11.6. The fourth-order valence-electron chi connectivity index (χ4n) is 0.909. The van der Waals surface area contributed by atoms with Crippen LogP contribution in [0.4, 0.5) is 0 Å². The van der Waals surface area contributed by atoms with E-state index in [4.69, 9.17) is 5.26 Å². The molecule has 0 fully saturated rings. The summed E-state index contributed by atoms with van der Waals surface area (Å²) in [6, 6.07) is 0. The monoisotopic (exact) mass is 198 g/mol.